The Labute approximate surface area is 178 Å². The Balaban J connectivity index is 1.68. The van der Waals surface area contributed by atoms with Crippen LogP contribution in [0.2, 0.25) is 0 Å². The van der Waals surface area contributed by atoms with Crippen LogP contribution in [0, 0.1) is 6.92 Å². The highest BCUT2D eigenvalue weighted by molar-refractivity contribution is 9.10. The fraction of sp³-hybridized carbons (Fsp3) is 0.130. The van der Waals surface area contributed by atoms with Crippen LogP contribution in [0.1, 0.15) is 33.2 Å². The van der Waals surface area contributed by atoms with Crippen LogP contribution in [-0.4, -0.2) is 18.4 Å². The van der Waals surface area contributed by atoms with Crippen molar-refractivity contribution >= 4 is 39.1 Å². The molecule has 3 aromatic rings. The van der Waals surface area contributed by atoms with Gasteiger partial charge in [0.2, 0.25) is 0 Å². The van der Waals surface area contributed by atoms with Gasteiger partial charge in [-0.3, -0.25) is 9.59 Å². The van der Waals surface area contributed by atoms with E-state index in [1.54, 1.807) is 42.5 Å². The first-order chi connectivity index (χ1) is 14.0. The van der Waals surface area contributed by atoms with Crippen molar-refractivity contribution in [3.63, 3.8) is 0 Å². The van der Waals surface area contributed by atoms with E-state index >= 15 is 0 Å². The summed E-state index contributed by atoms with van der Waals surface area (Å²) in [5, 5.41) is 5.70. The molecule has 0 aliphatic heterocycles. The minimum absolute atomic E-state index is 0.180. The number of carbonyl (C=O) groups is 2. The molecule has 2 amide bonds. The lowest BCUT2D eigenvalue weighted by atomic mass is 10.1. The number of amides is 2. The maximum atomic E-state index is 12.7. The number of anilines is 2. The average Bonchev–Trinajstić information content (AvgIpc) is 2.71. The lowest BCUT2D eigenvalue weighted by Crippen LogP contribution is -2.14. The van der Waals surface area contributed by atoms with E-state index in [1.165, 1.54) is 0 Å². The molecule has 6 heteroatoms. The molecule has 5 nitrogen and oxygen atoms in total. The molecule has 0 saturated carbocycles. The molecule has 0 atom stereocenters. The fourth-order valence-electron chi connectivity index (χ4n) is 2.79. The zero-order valence-electron chi connectivity index (χ0n) is 16.2. The van der Waals surface area contributed by atoms with Crippen LogP contribution in [0.4, 0.5) is 11.4 Å². The van der Waals surface area contributed by atoms with Gasteiger partial charge in [-0.25, -0.2) is 0 Å². The van der Waals surface area contributed by atoms with E-state index in [9.17, 15) is 9.59 Å². The molecular formula is C23H21BrN2O3. The van der Waals surface area contributed by atoms with Gasteiger partial charge in [-0.1, -0.05) is 33.6 Å². The second kappa shape index (κ2) is 9.39. The maximum absolute atomic E-state index is 12.7. The highest BCUT2D eigenvalue weighted by atomic mass is 79.9. The Kier molecular flexibility index (Phi) is 6.67. The number of rotatable bonds is 6. The minimum Gasteiger partial charge on any atom is -0.493 e. The Morgan fingerprint density at radius 3 is 2.17 bits per heavy atom. The molecule has 0 aliphatic rings. The Morgan fingerprint density at radius 2 is 1.55 bits per heavy atom. The van der Waals surface area contributed by atoms with E-state index in [2.05, 4.69) is 26.6 Å². The smallest absolute Gasteiger partial charge is 0.259 e. The molecule has 0 saturated heterocycles. The van der Waals surface area contributed by atoms with Gasteiger partial charge in [0.1, 0.15) is 5.75 Å². The van der Waals surface area contributed by atoms with E-state index in [1.807, 2.05) is 38.1 Å². The quantitative estimate of drug-likeness (QED) is 0.506. The molecule has 0 aromatic heterocycles. The minimum atomic E-state index is -0.272. The molecule has 0 fully saturated rings. The molecule has 0 bridgehead atoms. The lowest BCUT2D eigenvalue weighted by molar-refractivity contribution is 0.101. The summed E-state index contributed by atoms with van der Waals surface area (Å²) in [6, 6.07) is 19.7. The van der Waals surface area contributed by atoms with Crippen molar-refractivity contribution < 1.29 is 14.3 Å². The van der Waals surface area contributed by atoms with Crippen molar-refractivity contribution in [2.24, 2.45) is 0 Å². The van der Waals surface area contributed by atoms with Crippen LogP contribution in [0.25, 0.3) is 0 Å². The lowest BCUT2D eigenvalue weighted by Gasteiger charge is -2.12. The fourth-order valence-corrected chi connectivity index (χ4v) is 3.15. The van der Waals surface area contributed by atoms with Crippen molar-refractivity contribution in [2.75, 3.05) is 17.2 Å². The van der Waals surface area contributed by atoms with Gasteiger partial charge in [0.05, 0.1) is 12.2 Å². The van der Waals surface area contributed by atoms with E-state index in [-0.39, 0.29) is 11.8 Å². The van der Waals surface area contributed by atoms with Crippen molar-refractivity contribution in [1.29, 1.82) is 0 Å². The molecule has 3 aromatic carbocycles. The molecule has 3 rings (SSSR count). The second-order valence-electron chi connectivity index (χ2n) is 6.43. The highest BCUT2D eigenvalue weighted by Gasteiger charge is 2.14. The Hall–Kier alpha value is -3.12. The van der Waals surface area contributed by atoms with Gasteiger partial charge in [-0.05, 0) is 68.4 Å². The summed E-state index contributed by atoms with van der Waals surface area (Å²) in [6.45, 7) is 4.28. The molecular weight excluding hydrogens is 432 g/mol. The normalized spacial score (nSPS) is 10.3. The summed E-state index contributed by atoms with van der Waals surface area (Å²) < 4.78 is 6.33. The van der Waals surface area contributed by atoms with Crippen molar-refractivity contribution in [3.8, 4) is 5.75 Å². The van der Waals surface area contributed by atoms with Gasteiger partial charge in [-0.15, -0.1) is 0 Å². The molecule has 0 spiro atoms. The molecule has 0 heterocycles. The van der Waals surface area contributed by atoms with Gasteiger partial charge >= 0.3 is 0 Å². The molecule has 29 heavy (non-hydrogen) atoms. The van der Waals surface area contributed by atoms with E-state index in [4.69, 9.17) is 4.74 Å². The van der Waals surface area contributed by atoms with Gasteiger partial charge < -0.3 is 15.4 Å². The predicted octanol–water partition coefficient (Wildman–Crippen LogP) is 5.66. The maximum Gasteiger partial charge on any atom is 0.259 e. The van der Waals surface area contributed by atoms with E-state index in [0.717, 1.165) is 10.0 Å². The second-order valence-corrected chi connectivity index (χ2v) is 7.34. The largest absolute Gasteiger partial charge is 0.493 e. The van der Waals surface area contributed by atoms with Crippen molar-refractivity contribution in [1.82, 2.24) is 0 Å². The third kappa shape index (κ3) is 5.45. The summed E-state index contributed by atoms with van der Waals surface area (Å²) in [7, 11) is 0. The average molecular weight is 453 g/mol. The van der Waals surface area contributed by atoms with Gasteiger partial charge in [0, 0.05) is 21.4 Å². The number of ether oxygens (including phenoxy) is 1. The van der Waals surface area contributed by atoms with Crippen LogP contribution < -0.4 is 15.4 Å². The van der Waals surface area contributed by atoms with Crippen LogP contribution in [-0.2, 0) is 0 Å². The number of hydrogen-bond donors (Lipinski definition) is 2. The van der Waals surface area contributed by atoms with Gasteiger partial charge in [0.15, 0.2) is 0 Å². The van der Waals surface area contributed by atoms with Crippen LogP contribution in [0.15, 0.2) is 71.2 Å². The number of nitrogens with one attached hydrogen (secondary N) is 2. The van der Waals surface area contributed by atoms with Crippen molar-refractivity contribution in [2.45, 2.75) is 13.8 Å². The van der Waals surface area contributed by atoms with Crippen molar-refractivity contribution in [3.05, 3.63) is 87.9 Å². The Morgan fingerprint density at radius 1 is 0.897 bits per heavy atom. The molecule has 2 N–H and O–H groups in total. The summed E-state index contributed by atoms with van der Waals surface area (Å²) in [5.41, 5.74) is 3.33. The first-order valence-electron chi connectivity index (χ1n) is 9.18. The van der Waals surface area contributed by atoms with E-state index in [0.29, 0.717) is 34.9 Å². The number of hydrogen-bond acceptors (Lipinski definition) is 3. The number of carbonyl (C=O) groups excluding carboxylic acids is 2. The van der Waals surface area contributed by atoms with Crippen LogP contribution in [0.3, 0.4) is 0 Å². The van der Waals surface area contributed by atoms with Gasteiger partial charge in [-0.2, -0.15) is 0 Å². The first kappa shape index (κ1) is 20.6. The standard InChI is InChI=1S/C23H21BrN2O3/c1-3-29-21-12-7-17(24)14-20(21)23(28)26-19-10-8-18(9-11-19)25-22(27)16-6-4-5-15(2)13-16/h4-14H,3H2,1-2H3,(H,25,27)(H,26,28). The third-order valence-electron chi connectivity index (χ3n) is 4.17. The number of halogens is 1. The first-order valence-corrected chi connectivity index (χ1v) is 9.97. The van der Waals surface area contributed by atoms with E-state index < -0.39 is 0 Å². The Bertz CT molecular complexity index is 1030. The predicted molar refractivity (Wildman–Crippen MR) is 119 cm³/mol. The summed E-state index contributed by atoms with van der Waals surface area (Å²) in [6.07, 6.45) is 0. The zero-order valence-corrected chi connectivity index (χ0v) is 17.7. The summed E-state index contributed by atoms with van der Waals surface area (Å²) in [4.78, 5) is 25.0. The summed E-state index contributed by atoms with van der Waals surface area (Å²) in [5.74, 6) is 0.0718. The third-order valence-corrected chi connectivity index (χ3v) is 4.66. The monoisotopic (exact) mass is 452 g/mol. The molecule has 0 radical (unpaired) electrons. The van der Waals surface area contributed by atoms with Crippen LogP contribution >= 0.6 is 15.9 Å². The number of aryl methyl sites for hydroxylation is 1. The molecule has 0 aliphatic carbocycles. The molecule has 148 valence electrons. The summed E-state index contributed by atoms with van der Waals surface area (Å²) >= 11 is 3.38. The topological polar surface area (TPSA) is 67.4 Å². The SMILES string of the molecule is CCOc1ccc(Br)cc1C(=O)Nc1ccc(NC(=O)c2cccc(C)c2)cc1. The van der Waals surface area contributed by atoms with Gasteiger partial charge in [0.25, 0.3) is 11.8 Å². The molecule has 0 unspecified atom stereocenters. The zero-order chi connectivity index (χ0) is 20.8. The number of benzene rings is 3. The highest BCUT2D eigenvalue weighted by Crippen LogP contribution is 2.25. The van der Waals surface area contributed by atoms with Crippen LogP contribution in [0.5, 0.6) is 5.75 Å².